The van der Waals surface area contributed by atoms with Crippen molar-refractivity contribution in [2.75, 3.05) is 0 Å². The quantitative estimate of drug-likeness (QED) is 0.671. The minimum Gasteiger partial charge on any atom is -0.293 e. The molecule has 2 rings (SSSR count). The van der Waals surface area contributed by atoms with Gasteiger partial charge in [0.2, 0.25) is 0 Å². The van der Waals surface area contributed by atoms with Crippen molar-refractivity contribution in [2.24, 2.45) is 5.92 Å². The summed E-state index contributed by atoms with van der Waals surface area (Å²) >= 11 is 1.31. The highest BCUT2D eigenvalue weighted by Crippen LogP contribution is 2.30. The van der Waals surface area contributed by atoms with Crippen molar-refractivity contribution in [3.05, 3.63) is 17.1 Å². The first-order valence-corrected chi connectivity index (χ1v) is 5.07. The van der Waals surface area contributed by atoms with Crippen LogP contribution >= 0.6 is 11.5 Å². The lowest BCUT2D eigenvalue weighted by Gasteiger charge is -2.23. The molecule has 1 aliphatic carbocycles. The first-order chi connectivity index (χ1) is 5.86. The van der Waals surface area contributed by atoms with Gasteiger partial charge in [-0.15, -0.1) is 0 Å². The Morgan fingerprint density at radius 3 is 3.00 bits per heavy atom. The fourth-order valence-corrected chi connectivity index (χ4v) is 1.96. The van der Waals surface area contributed by atoms with Gasteiger partial charge in [0.15, 0.2) is 5.78 Å². The van der Waals surface area contributed by atoms with Crippen LogP contribution in [0.5, 0.6) is 0 Å². The number of ketones is 1. The van der Waals surface area contributed by atoms with Gasteiger partial charge in [0.05, 0.1) is 4.88 Å². The van der Waals surface area contributed by atoms with Crippen molar-refractivity contribution >= 4 is 17.3 Å². The van der Waals surface area contributed by atoms with E-state index >= 15 is 0 Å². The van der Waals surface area contributed by atoms with E-state index in [1.807, 2.05) is 6.07 Å². The molecule has 3 heteroatoms. The molecule has 0 aliphatic heterocycles. The van der Waals surface area contributed by atoms with E-state index in [0.717, 1.165) is 11.3 Å². The van der Waals surface area contributed by atoms with E-state index in [-0.39, 0.29) is 5.78 Å². The van der Waals surface area contributed by atoms with E-state index in [4.69, 9.17) is 0 Å². The molecule has 0 unspecified atom stereocenters. The van der Waals surface area contributed by atoms with Gasteiger partial charge in [-0.3, -0.25) is 4.79 Å². The molecule has 12 heavy (non-hydrogen) atoms. The normalized spacial score (nSPS) is 17.3. The van der Waals surface area contributed by atoms with Gasteiger partial charge in [0.1, 0.15) is 0 Å². The summed E-state index contributed by atoms with van der Waals surface area (Å²) in [7, 11) is 0. The van der Waals surface area contributed by atoms with Gasteiger partial charge in [-0.1, -0.05) is 19.3 Å². The zero-order valence-electron chi connectivity index (χ0n) is 6.82. The fourth-order valence-electron chi connectivity index (χ4n) is 1.42. The third-order valence-corrected chi connectivity index (χ3v) is 3.20. The summed E-state index contributed by atoms with van der Waals surface area (Å²) < 4.78 is 3.92. The van der Waals surface area contributed by atoms with Crippen molar-refractivity contribution in [3.8, 4) is 0 Å². The van der Waals surface area contributed by atoms with Gasteiger partial charge in [-0.2, -0.15) is 0 Å². The second-order valence-corrected chi connectivity index (χ2v) is 4.13. The minimum atomic E-state index is 0.280. The molecule has 64 valence electrons. The molecule has 0 N–H and O–H groups in total. The predicted octanol–water partition coefficient (Wildman–Crippen LogP) is 2.52. The summed E-state index contributed by atoms with van der Waals surface area (Å²) in [5, 5.41) is 0. The van der Waals surface area contributed by atoms with Crippen LogP contribution in [0.1, 0.15) is 35.4 Å². The topological polar surface area (TPSA) is 30.0 Å². The first kappa shape index (κ1) is 7.92. The lowest BCUT2D eigenvalue weighted by molar-refractivity contribution is 0.0940. The number of carbonyl (C=O) groups excluding carboxylic acids is 1. The van der Waals surface area contributed by atoms with Crippen LogP contribution in [0.15, 0.2) is 12.3 Å². The van der Waals surface area contributed by atoms with E-state index in [9.17, 15) is 4.79 Å². The number of hydrogen-bond acceptors (Lipinski definition) is 3. The standard InChI is InChI=1S/C9H11NOS/c11-8(6-7-2-1-3-7)9-4-5-10-12-9/h4-5,7H,1-3,6H2. The highest BCUT2D eigenvalue weighted by atomic mass is 32.1. The molecule has 0 spiro atoms. The van der Waals surface area contributed by atoms with Crippen molar-refractivity contribution in [1.29, 1.82) is 0 Å². The molecule has 1 aromatic heterocycles. The zero-order valence-corrected chi connectivity index (χ0v) is 7.64. The van der Waals surface area contributed by atoms with Crippen LogP contribution in [0, 0.1) is 5.92 Å². The average molecular weight is 181 g/mol. The molecule has 0 saturated heterocycles. The fraction of sp³-hybridized carbons (Fsp3) is 0.556. The van der Waals surface area contributed by atoms with Gasteiger partial charge in [-0.25, -0.2) is 4.37 Å². The van der Waals surface area contributed by atoms with Crippen LogP contribution in [0.2, 0.25) is 0 Å². The maximum Gasteiger partial charge on any atom is 0.174 e. The summed E-state index contributed by atoms with van der Waals surface area (Å²) in [6.07, 6.45) is 6.22. The molecule has 0 radical (unpaired) electrons. The number of hydrogen-bond donors (Lipinski definition) is 0. The molecule has 2 nitrogen and oxygen atoms in total. The molecule has 0 atom stereocenters. The Bertz CT molecular complexity index is 264. The van der Waals surface area contributed by atoms with Crippen LogP contribution < -0.4 is 0 Å². The molecule has 1 aromatic rings. The first-order valence-electron chi connectivity index (χ1n) is 4.30. The SMILES string of the molecule is O=C(CC1CCC1)c1ccns1. The Balaban J connectivity index is 1.92. The Kier molecular flexibility index (Phi) is 2.21. The van der Waals surface area contributed by atoms with E-state index in [1.54, 1.807) is 6.20 Å². The molecular weight excluding hydrogens is 170 g/mol. The average Bonchev–Trinajstić information content (AvgIpc) is 2.47. The Labute approximate surface area is 75.8 Å². The third kappa shape index (κ3) is 1.55. The number of rotatable bonds is 3. The van der Waals surface area contributed by atoms with Crippen LogP contribution in [-0.2, 0) is 0 Å². The van der Waals surface area contributed by atoms with E-state index in [0.29, 0.717) is 5.92 Å². The number of nitrogens with zero attached hydrogens (tertiary/aromatic N) is 1. The monoisotopic (exact) mass is 181 g/mol. The maximum absolute atomic E-state index is 11.5. The molecule has 1 fully saturated rings. The Morgan fingerprint density at radius 1 is 1.67 bits per heavy atom. The van der Waals surface area contributed by atoms with Crippen LogP contribution in [0.4, 0.5) is 0 Å². The number of aromatic nitrogens is 1. The van der Waals surface area contributed by atoms with E-state index < -0.39 is 0 Å². The van der Waals surface area contributed by atoms with Crippen LogP contribution in [0.3, 0.4) is 0 Å². The van der Waals surface area contributed by atoms with Crippen LogP contribution in [-0.4, -0.2) is 10.2 Å². The third-order valence-electron chi connectivity index (χ3n) is 2.41. The lowest BCUT2D eigenvalue weighted by atomic mass is 9.82. The summed E-state index contributed by atoms with van der Waals surface area (Å²) in [6.45, 7) is 0. The minimum absolute atomic E-state index is 0.280. The summed E-state index contributed by atoms with van der Waals surface area (Å²) in [6, 6.07) is 1.81. The van der Waals surface area contributed by atoms with Gasteiger partial charge >= 0.3 is 0 Å². The number of Topliss-reactive ketones (excluding diaryl/α,β-unsaturated/α-hetero) is 1. The molecule has 0 bridgehead atoms. The van der Waals surface area contributed by atoms with Gasteiger partial charge in [0.25, 0.3) is 0 Å². The lowest BCUT2D eigenvalue weighted by Crippen LogP contribution is -2.15. The largest absolute Gasteiger partial charge is 0.293 e. The maximum atomic E-state index is 11.5. The van der Waals surface area contributed by atoms with Crippen LogP contribution in [0.25, 0.3) is 0 Å². The van der Waals surface area contributed by atoms with E-state index in [2.05, 4.69) is 4.37 Å². The van der Waals surface area contributed by atoms with Crippen molar-refractivity contribution in [2.45, 2.75) is 25.7 Å². The van der Waals surface area contributed by atoms with Crippen molar-refractivity contribution in [3.63, 3.8) is 0 Å². The summed E-state index contributed by atoms with van der Waals surface area (Å²) in [4.78, 5) is 12.3. The second-order valence-electron chi connectivity index (χ2n) is 3.30. The summed E-state index contributed by atoms with van der Waals surface area (Å²) in [5.74, 6) is 0.946. The highest BCUT2D eigenvalue weighted by molar-refractivity contribution is 7.08. The molecule has 1 heterocycles. The summed E-state index contributed by atoms with van der Waals surface area (Å²) in [5.41, 5.74) is 0. The van der Waals surface area contributed by atoms with Gasteiger partial charge < -0.3 is 0 Å². The van der Waals surface area contributed by atoms with Gasteiger partial charge in [-0.05, 0) is 23.5 Å². The van der Waals surface area contributed by atoms with Gasteiger partial charge in [0, 0.05) is 12.6 Å². The molecule has 0 amide bonds. The smallest absolute Gasteiger partial charge is 0.174 e. The molecular formula is C9H11NOS. The Morgan fingerprint density at radius 2 is 2.50 bits per heavy atom. The molecule has 0 aromatic carbocycles. The number of carbonyl (C=O) groups is 1. The predicted molar refractivity (Wildman–Crippen MR) is 48.4 cm³/mol. The van der Waals surface area contributed by atoms with Crippen molar-refractivity contribution < 1.29 is 4.79 Å². The second kappa shape index (κ2) is 3.35. The molecule has 1 saturated carbocycles. The van der Waals surface area contributed by atoms with E-state index in [1.165, 1.54) is 30.8 Å². The zero-order chi connectivity index (χ0) is 8.39. The highest BCUT2D eigenvalue weighted by Gasteiger charge is 2.21. The Hall–Kier alpha value is -0.700. The molecule has 1 aliphatic rings. The van der Waals surface area contributed by atoms with Crippen molar-refractivity contribution in [1.82, 2.24) is 4.37 Å².